The van der Waals surface area contributed by atoms with Gasteiger partial charge < -0.3 is 4.74 Å². The Bertz CT molecular complexity index is 463. The molecular formula is C17H20O. The van der Waals surface area contributed by atoms with Crippen molar-refractivity contribution < 1.29 is 4.74 Å². The molecule has 1 nitrogen and oxygen atoms in total. The molecule has 0 aliphatic heterocycles. The molecule has 1 heteroatoms. The van der Waals surface area contributed by atoms with Gasteiger partial charge in [-0.1, -0.05) is 67.6 Å². The predicted molar refractivity (Wildman–Crippen MR) is 75.3 cm³/mol. The van der Waals surface area contributed by atoms with Crippen LogP contribution in [0.5, 0.6) is 0 Å². The first-order valence-electron chi connectivity index (χ1n) is 6.48. The Labute approximate surface area is 109 Å². The summed E-state index contributed by atoms with van der Waals surface area (Å²) in [6.45, 7) is 4.98. The lowest BCUT2D eigenvalue weighted by atomic mass is 9.93. The summed E-state index contributed by atoms with van der Waals surface area (Å²) < 4.78 is 6.15. The lowest BCUT2D eigenvalue weighted by Gasteiger charge is -2.29. The van der Waals surface area contributed by atoms with Crippen LogP contribution in [0.1, 0.15) is 31.4 Å². The number of rotatable bonds is 5. The zero-order valence-corrected chi connectivity index (χ0v) is 11.1. The van der Waals surface area contributed by atoms with E-state index in [0.29, 0.717) is 6.61 Å². The molecule has 2 aromatic carbocycles. The smallest absolute Gasteiger partial charge is 0.0905 e. The molecule has 18 heavy (non-hydrogen) atoms. The molecule has 0 bridgehead atoms. The van der Waals surface area contributed by atoms with E-state index in [1.54, 1.807) is 0 Å². The summed E-state index contributed by atoms with van der Waals surface area (Å²) in [4.78, 5) is 0. The van der Waals surface area contributed by atoms with Crippen LogP contribution in [0.15, 0.2) is 60.7 Å². The van der Waals surface area contributed by atoms with Crippen LogP contribution in [0, 0.1) is 0 Å². The van der Waals surface area contributed by atoms with Gasteiger partial charge in [0.1, 0.15) is 0 Å². The molecule has 0 saturated carbocycles. The number of hydrogen-bond donors (Lipinski definition) is 0. The average molecular weight is 240 g/mol. The standard InChI is InChI=1S/C17H20O/c1-3-17(2,16-12-8-5-9-13-16)18-14-15-10-6-4-7-11-15/h4-13H,3,14H2,1-2H3/t17-/m0/s1. The summed E-state index contributed by atoms with van der Waals surface area (Å²) in [5, 5.41) is 0. The summed E-state index contributed by atoms with van der Waals surface area (Å²) in [6.07, 6.45) is 0.962. The van der Waals surface area contributed by atoms with Crippen molar-refractivity contribution in [2.24, 2.45) is 0 Å². The molecule has 0 N–H and O–H groups in total. The second-order valence-corrected chi connectivity index (χ2v) is 4.72. The quantitative estimate of drug-likeness (QED) is 0.746. The Hall–Kier alpha value is -1.60. The van der Waals surface area contributed by atoms with Crippen molar-refractivity contribution in [1.82, 2.24) is 0 Å². The van der Waals surface area contributed by atoms with E-state index < -0.39 is 0 Å². The van der Waals surface area contributed by atoms with Gasteiger partial charge in [-0.25, -0.2) is 0 Å². The second kappa shape index (κ2) is 5.83. The Balaban J connectivity index is 2.10. The lowest BCUT2D eigenvalue weighted by Crippen LogP contribution is -2.24. The largest absolute Gasteiger partial charge is 0.366 e. The van der Waals surface area contributed by atoms with Gasteiger partial charge in [0.25, 0.3) is 0 Å². The van der Waals surface area contributed by atoms with Crippen molar-refractivity contribution in [2.75, 3.05) is 0 Å². The molecule has 0 radical (unpaired) electrons. The van der Waals surface area contributed by atoms with E-state index in [2.05, 4.69) is 50.2 Å². The molecular weight excluding hydrogens is 220 g/mol. The van der Waals surface area contributed by atoms with Crippen molar-refractivity contribution in [3.63, 3.8) is 0 Å². The Kier molecular flexibility index (Phi) is 4.16. The van der Waals surface area contributed by atoms with Gasteiger partial charge in [-0.05, 0) is 24.5 Å². The fourth-order valence-corrected chi connectivity index (χ4v) is 2.00. The zero-order chi connectivity index (χ0) is 12.8. The second-order valence-electron chi connectivity index (χ2n) is 4.72. The molecule has 94 valence electrons. The van der Waals surface area contributed by atoms with Gasteiger partial charge in [0.05, 0.1) is 12.2 Å². The van der Waals surface area contributed by atoms with E-state index in [4.69, 9.17) is 4.74 Å². The molecule has 0 aliphatic rings. The van der Waals surface area contributed by atoms with Crippen molar-refractivity contribution in [3.8, 4) is 0 Å². The first-order valence-corrected chi connectivity index (χ1v) is 6.48. The van der Waals surface area contributed by atoms with Crippen LogP contribution in [-0.4, -0.2) is 0 Å². The third kappa shape index (κ3) is 2.99. The third-order valence-electron chi connectivity index (χ3n) is 3.46. The molecule has 0 amide bonds. The van der Waals surface area contributed by atoms with Gasteiger partial charge >= 0.3 is 0 Å². The highest BCUT2D eigenvalue weighted by molar-refractivity contribution is 5.22. The topological polar surface area (TPSA) is 9.23 Å². The van der Waals surface area contributed by atoms with Gasteiger partial charge in [-0.3, -0.25) is 0 Å². The summed E-state index contributed by atoms with van der Waals surface area (Å²) >= 11 is 0. The van der Waals surface area contributed by atoms with Crippen molar-refractivity contribution in [2.45, 2.75) is 32.5 Å². The summed E-state index contributed by atoms with van der Waals surface area (Å²) in [5.41, 5.74) is 2.24. The van der Waals surface area contributed by atoms with E-state index in [9.17, 15) is 0 Å². The lowest BCUT2D eigenvalue weighted by molar-refractivity contribution is -0.0509. The number of benzene rings is 2. The molecule has 0 heterocycles. The van der Waals surface area contributed by atoms with Crippen LogP contribution in [0.2, 0.25) is 0 Å². The highest BCUT2D eigenvalue weighted by Gasteiger charge is 2.24. The monoisotopic (exact) mass is 240 g/mol. The average Bonchev–Trinajstić information content (AvgIpc) is 2.47. The van der Waals surface area contributed by atoms with Gasteiger partial charge in [0.2, 0.25) is 0 Å². The van der Waals surface area contributed by atoms with Crippen LogP contribution < -0.4 is 0 Å². The maximum Gasteiger partial charge on any atom is 0.0905 e. The summed E-state index contributed by atoms with van der Waals surface area (Å²) in [5.74, 6) is 0. The molecule has 2 aromatic rings. The van der Waals surface area contributed by atoms with E-state index in [1.807, 2.05) is 24.3 Å². The van der Waals surface area contributed by atoms with E-state index >= 15 is 0 Å². The Morgan fingerprint density at radius 1 is 0.889 bits per heavy atom. The maximum absolute atomic E-state index is 6.15. The molecule has 0 fully saturated rings. The Morgan fingerprint density at radius 2 is 1.44 bits per heavy atom. The van der Waals surface area contributed by atoms with Crippen LogP contribution in [0.3, 0.4) is 0 Å². The molecule has 2 rings (SSSR count). The minimum absolute atomic E-state index is 0.211. The first kappa shape index (κ1) is 12.8. The summed E-state index contributed by atoms with van der Waals surface area (Å²) in [7, 11) is 0. The predicted octanol–water partition coefficient (Wildman–Crippen LogP) is 4.53. The number of hydrogen-bond acceptors (Lipinski definition) is 1. The Morgan fingerprint density at radius 3 is 2.00 bits per heavy atom. The van der Waals surface area contributed by atoms with Crippen molar-refractivity contribution in [3.05, 3.63) is 71.8 Å². The normalized spacial score (nSPS) is 14.1. The van der Waals surface area contributed by atoms with Gasteiger partial charge in [0.15, 0.2) is 0 Å². The molecule has 0 unspecified atom stereocenters. The molecule has 0 aromatic heterocycles. The highest BCUT2D eigenvalue weighted by atomic mass is 16.5. The minimum atomic E-state index is -0.211. The molecule has 0 spiro atoms. The maximum atomic E-state index is 6.15. The van der Waals surface area contributed by atoms with Gasteiger partial charge in [-0.2, -0.15) is 0 Å². The van der Waals surface area contributed by atoms with Crippen LogP contribution in [0.25, 0.3) is 0 Å². The molecule has 0 saturated heterocycles. The zero-order valence-electron chi connectivity index (χ0n) is 11.1. The summed E-state index contributed by atoms with van der Waals surface area (Å²) in [6, 6.07) is 20.8. The molecule has 0 aliphatic carbocycles. The SMILES string of the molecule is CC[C@](C)(OCc1ccccc1)c1ccccc1. The van der Waals surface area contributed by atoms with Crippen LogP contribution >= 0.6 is 0 Å². The fourth-order valence-electron chi connectivity index (χ4n) is 2.00. The number of ether oxygens (including phenoxy) is 1. The minimum Gasteiger partial charge on any atom is -0.366 e. The first-order chi connectivity index (χ1) is 8.74. The van der Waals surface area contributed by atoms with Crippen molar-refractivity contribution >= 4 is 0 Å². The van der Waals surface area contributed by atoms with E-state index in [-0.39, 0.29) is 5.60 Å². The van der Waals surface area contributed by atoms with Crippen molar-refractivity contribution in [1.29, 1.82) is 0 Å². The van der Waals surface area contributed by atoms with Gasteiger partial charge in [-0.15, -0.1) is 0 Å². The fraction of sp³-hybridized carbons (Fsp3) is 0.294. The van der Waals surface area contributed by atoms with E-state index in [1.165, 1.54) is 11.1 Å². The van der Waals surface area contributed by atoms with Crippen LogP contribution in [-0.2, 0) is 16.9 Å². The van der Waals surface area contributed by atoms with Crippen LogP contribution in [0.4, 0.5) is 0 Å². The molecule has 1 atom stereocenters. The third-order valence-corrected chi connectivity index (χ3v) is 3.46. The van der Waals surface area contributed by atoms with E-state index in [0.717, 1.165) is 6.42 Å². The van der Waals surface area contributed by atoms with Gasteiger partial charge in [0, 0.05) is 0 Å². The highest BCUT2D eigenvalue weighted by Crippen LogP contribution is 2.29.